The van der Waals surface area contributed by atoms with E-state index in [1.54, 1.807) is 30.5 Å². The molecule has 0 bridgehead atoms. The number of nitrogens with one attached hydrogen (secondary N) is 3. The summed E-state index contributed by atoms with van der Waals surface area (Å²) in [5.74, 6) is 2.49. The number of rotatable bonds is 12. The maximum atomic E-state index is 11.6. The number of ether oxygens (including phenoxy) is 3. The van der Waals surface area contributed by atoms with E-state index in [-0.39, 0.29) is 5.91 Å². The molecule has 5 rings (SSSR count). The molecule has 3 N–H and O–H groups in total. The van der Waals surface area contributed by atoms with Gasteiger partial charge in [-0.2, -0.15) is 9.97 Å². The van der Waals surface area contributed by atoms with Gasteiger partial charge in [-0.25, -0.2) is 0 Å². The Hall–Kier alpha value is -4.37. The van der Waals surface area contributed by atoms with Gasteiger partial charge in [-0.15, -0.1) is 0 Å². The summed E-state index contributed by atoms with van der Waals surface area (Å²) >= 11 is 0. The van der Waals surface area contributed by atoms with Crippen molar-refractivity contribution in [1.82, 2.24) is 15.0 Å². The van der Waals surface area contributed by atoms with E-state index in [0.717, 1.165) is 29.3 Å². The summed E-state index contributed by atoms with van der Waals surface area (Å²) in [5.41, 5.74) is 2.02. The SMILES string of the molecule is C=CC(=O)Nc1cccc(Oc2nc(Nc3ccc(OCCOCC4CC4)cc3)nc3[nH]ccc23)c1. The van der Waals surface area contributed by atoms with Gasteiger partial charge in [0.2, 0.25) is 17.7 Å². The summed E-state index contributed by atoms with van der Waals surface area (Å²) in [6.45, 7) is 5.41. The van der Waals surface area contributed by atoms with Crippen LogP contribution in [0.5, 0.6) is 17.4 Å². The number of hydrogen-bond acceptors (Lipinski definition) is 7. The number of benzene rings is 2. The van der Waals surface area contributed by atoms with Gasteiger partial charge < -0.3 is 29.8 Å². The van der Waals surface area contributed by atoms with E-state index in [0.29, 0.717) is 42.1 Å². The molecule has 0 unspecified atom stereocenters. The summed E-state index contributed by atoms with van der Waals surface area (Å²) in [6, 6.07) is 16.5. The van der Waals surface area contributed by atoms with Crippen LogP contribution in [0.25, 0.3) is 11.0 Å². The number of hydrogen-bond donors (Lipinski definition) is 3. The quantitative estimate of drug-likeness (QED) is 0.181. The van der Waals surface area contributed by atoms with Gasteiger partial charge in [0.25, 0.3) is 0 Å². The normalized spacial score (nSPS) is 12.8. The lowest BCUT2D eigenvalue weighted by Crippen LogP contribution is -2.08. The highest BCUT2D eigenvalue weighted by molar-refractivity contribution is 5.99. The molecule has 2 aromatic carbocycles. The molecule has 9 nitrogen and oxygen atoms in total. The molecule has 0 atom stereocenters. The van der Waals surface area contributed by atoms with E-state index in [9.17, 15) is 4.79 Å². The maximum absolute atomic E-state index is 11.6. The third-order valence-electron chi connectivity index (χ3n) is 5.54. The van der Waals surface area contributed by atoms with Gasteiger partial charge in [0.1, 0.15) is 23.8 Å². The molecule has 0 radical (unpaired) electrons. The molecule has 36 heavy (non-hydrogen) atoms. The molecule has 1 saturated carbocycles. The summed E-state index contributed by atoms with van der Waals surface area (Å²) in [6.07, 6.45) is 5.55. The predicted molar refractivity (Wildman–Crippen MR) is 138 cm³/mol. The lowest BCUT2D eigenvalue weighted by molar-refractivity contribution is -0.111. The molecular formula is C27H27N5O4. The first-order valence-electron chi connectivity index (χ1n) is 11.8. The first kappa shape index (κ1) is 23.4. The number of anilines is 3. The summed E-state index contributed by atoms with van der Waals surface area (Å²) < 4.78 is 17.4. The summed E-state index contributed by atoms with van der Waals surface area (Å²) in [7, 11) is 0. The lowest BCUT2D eigenvalue weighted by Gasteiger charge is -2.11. The molecule has 184 valence electrons. The fourth-order valence-electron chi connectivity index (χ4n) is 3.51. The Morgan fingerprint density at radius 1 is 1.06 bits per heavy atom. The van der Waals surface area contributed by atoms with Crippen molar-refractivity contribution in [3.8, 4) is 17.4 Å². The van der Waals surface area contributed by atoms with Crippen molar-refractivity contribution in [3.05, 3.63) is 73.4 Å². The van der Waals surface area contributed by atoms with E-state index in [2.05, 4.69) is 32.2 Å². The van der Waals surface area contributed by atoms with Crippen LogP contribution in [-0.4, -0.2) is 40.7 Å². The first-order chi connectivity index (χ1) is 17.7. The first-order valence-corrected chi connectivity index (χ1v) is 11.8. The van der Waals surface area contributed by atoms with Crippen LogP contribution >= 0.6 is 0 Å². The number of H-pyrrole nitrogens is 1. The second kappa shape index (κ2) is 10.9. The molecule has 0 saturated heterocycles. The number of fused-ring (bicyclic) bond motifs is 1. The zero-order valence-corrected chi connectivity index (χ0v) is 19.7. The van der Waals surface area contributed by atoms with Crippen molar-refractivity contribution >= 4 is 34.3 Å². The average molecular weight is 486 g/mol. The Labute approximate surface area is 208 Å². The second-order valence-corrected chi connectivity index (χ2v) is 8.43. The largest absolute Gasteiger partial charge is 0.491 e. The fraction of sp³-hybridized carbons (Fsp3) is 0.222. The topological polar surface area (TPSA) is 110 Å². The minimum atomic E-state index is -0.299. The lowest BCUT2D eigenvalue weighted by atomic mass is 10.3. The highest BCUT2D eigenvalue weighted by atomic mass is 16.5. The fourth-order valence-corrected chi connectivity index (χ4v) is 3.51. The average Bonchev–Trinajstić information content (AvgIpc) is 3.59. The van der Waals surface area contributed by atoms with Crippen molar-refractivity contribution in [1.29, 1.82) is 0 Å². The predicted octanol–water partition coefficient (Wildman–Crippen LogP) is 5.42. The highest BCUT2D eigenvalue weighted by Gasteiger charge is 2.20. The Kier molecular flexibility index (Phi) is 7.09. The van der Waals surface area contributed by atoms with Crippen LogP contribution in [0.2, 0.25) is 0 Å². The van der Waals surface area contributed by atoms with Crippen molar-refractivity contribution in [3.63, 3.8) is 0 Å². The van der Waals surface area contributed by atoms with Crippen LogP contribution in [0.15, 0.2) is 73.4 Å². The van der Waals surface area contributed by atoms with Gasteiger partial charge in [-0.1, -0.05) is 12.6 Å². The molecule has 4 aromatic rings. The molecule has 1 aliphatic rings. The monoisotopic (exact) mass is 485 g/mol. The summed E-state index contributed by atoms with van der Waals surface area (Å²) in [4.78, 5) is 23.8. The van der Waals surface area contributed by atoms with Crippen LogP contribution in [-0.2, 0) is 9.53 Å². The van der Waals surface area contributed by atoms with Crippen LogP contribution in [0, 0.1) is 5.92 Å². The van der Waals surface area contributed by atoms with Gasteiger partial charge in [-0.05, 0) is 67.3 Å². The number of amides is 1. The molecule has 0 spiro atoms. The molecule has 2 aromatic heterocycles. The van der Waals surface area contributed by atoms with Crippen molar-refractivity contribution in [2.75, 3.05) is 30.5 Å². The van der Waals surface area contributed by atoms with E-state index in [1.165, 1.54) is 18.9 Å². The number of nitrogens with zero attached hydrogens (tertiary/aromatic N) is 2. The molecule has 1 fully saturated rings. The molecule has 9 heteroatoms. The maximum Gasteiger partial charge on any atom is 0.247 e. The molecule has 0 aliphatic heterocycles. The van der Waals surface area contributed by atoms with Crippen molar-refractivity contribution in [2.45, 2.75) is 12.8 Å². The van der Waals surface area contributed by atoms with Crippen molar-refractivity contribution < 1.29 is 19.0 Å². The standard InChI is InChI=1S/C27H27N5O4/c1-2-24(33)29-20-4-3-5-22(16-20)36-26-23-12-13-28-25(23)31-27(32-26)30-19-8-10-21(11-9-19)35-15-14-34-17-18-6-7-18/h2-5,8-13,16,18H,1,6-7,14-15,17H2,(H,29,33)(H2,28,30,31,32). The number of aromatic amines is 1. The third kappa shape index (κ3) is 6.19. The van der Waals surface area contributed by atoms with Crippen molar-refractivity contribution in [2.24, 2.45) is 5.92 Å². The number of carbonyl (C=O) groups excluding carboxylic acids is 1. The molecular weight excluding hydrogens is 458 g/mol. The van der Waals surface area contributed by atoms with Gasteiger partial charge in [0.15, 0.2) is 0 Å². The molecule has 1 amide bonds. The molecule has 2 heterocycles. The smallest absolute Gasteiger partial charge is 0.247 e. The van der Waals surface area contributed by atoms with Crippen LogP contribution < -0.4 is 20.1 Å². The van der Waals surface area contributed by atoms with Gasteiger partial charge in [0, 0.05) is 30.2 Å². The number of aromatic nitrogens is 3. The summed E-state index contributed by atoms with van der Waals surface area (Å²) in [5, 5.41) is 6.66. The zero-order chi connectivity index (χ0) is 24.7. The van der Waals surface area contributed by atoms with E-state index in [1.807, 2.05) is 30.3 Å². The van der Waals surface area contributed by atoms with Gasteiger partial charge in [-0.3, -0.25) is 4.79 Å². The number of carbonyl (C=O) groups is 1. The van der Waals surface area contributed by atoms with E-state index in [4.69, 9.17) is 14.2 Å². The van der Waals surface area contributed by atoms with Gasteiger partial charge >= 0.3 is 0 Å². The third-order valence-corrected chi connectivity index (χ3v) is 5.54. The minimum Gasteiger partial charge on any atom is -0.491 e. The Balaban J connectivity index is 1.25. The highest BCUT2D eigenvalue weighted by Crippen LogP contribution is 2.31. The van der Waals surface area contributed by atoms with Crippen LogP contribution in [0.3, 0.4) is 0 Å². The molecule has 1 aliphatic carbocycles. The Morgan fingerprint density at radius 3 is 2.72 bits per heavy atom. The minimum absolute atomic E-state index is 0.299. The van der Waals surface area contributed by atoms with E-state index < -0.39 is 0 Å². The Morgan fingerprint density at radius 2 is 1.92 bits per heavy atom. The Bertz CT molecular complexity index is 1350. The van der Waals surface area contributed by atoms with E-state index >= 15 is 0 Å². The second-order valence-electron chi connectivity index (χ2n) is 8.43. The van der Waals surface area contributed by atoms with Gasteiger partial charge in [0.05, 0.1) is 12.0 Å². The zero-order valence-electron chi connectivity index (χ0n) is 19.7. The van der Waals surface area contributed by atoms with Crippen LogP contribution in [0.4, 0.5) is 17.3 Å². The van der Waals surface area contributed by atoms with Crippen LogP contribution in [0.1, 0.15) is 12.8 Å².